The summed E-state index contributed by atoms with van der Waals surface area (Å²) in [4.78, 5) is 21.7. The summed E-state index contributed by atoms with van der Waals surface area (Å²) in [5.41, 5.74) is 10.8. The molecule has 1 aromatic rings. The van der Waals surface area contributed by atoms with Crippen molar-refractivity contribution in [2.24, 2.45) is 5.73 Å². The fourth-order valence-electron chi connectivity index (χ4n) is 0.920. The molecule has 0 radical (unpaired) electrons. The second kappa shape index (κ2) is 4.10. The molecule has 1 rings (SSSR count). The van der Waals surface area contributed by atoms with Crippen molar-refractivity contribution in [1.29, 1.82) is 0 Å². The van der Waals surface area contributed by atoms with E-state index >= 15 is 0 Å². The number of carbonyl (C=O) groups excluding carboxylic acids is 2. The van der Waals surface area contributed by atoms with E-state index in [0.717, 1.165) is 4.47 Å². The van der Waals surface area contributed by atoms with Crippen molar-refractivity contribution < 1.29 is 9.59 Å². The third kappa shape index (κ3) is 2.46. The van der Waals surface area contributed by atoms with Gasteiger partial charge < -0.3 is 11.5 Å². The van der Waals surface area contributed by atoms with Gasteiger partial charge in [-0.25, -0.2) is 4.79 Å². The Bertz CT molecular complexity index is 392. The Labute approximate surface area is 88.6 Å². The number of hydrogen-bond acceptors (Lipinski definition) is 3. The standard InChI is InChI=1S/C8H8BrN3O2/c9-4-1-2-5(6(10)3-4)7(13)12-8(11)14/h1-3H,10H2,(H3,11,12,13,14). The highest BCUT2D eigenvalue weighted by Crippen LogP contribution is 2.18. The molecule has 5 nitrogen and oxygen atoms in total. The molecular weight excluding hydrogens is 250 g/mol. The predicted molar refractivity (Wildman–Crippen MR) is 55.6 cm³/mol. The molecule has 0 unspecified atom stereocenters. The second-order valence-corrected chi connectivity index (χ2v) is 3.47. The van der Waals surface area contributed by atoms with Crippen molar-refractivity contribution in [1.82, 2.24) is 5.32 Å². The van der Waals surface area contributed by atoms with E-state index < -0.39 is 11.9 Å². The number of primary amides is 1. The smallest absolute Gasteiger partial charge is 0.319 e. The van der Waals surface area contributed by atoms with Gasteiger partial charge in [0.25, 0.3) is 5.91 Å². The Morgan fingerprint density at radius 1 is 1.36 bits per heavy atom. The molecule has 0 bridgehead atoms. The molecule has 0 aliphatic carbocycles. The number of amides is 3. The van der Waals surface area contributed by atoms with E-state index in [2.05, 4.69) is 15.9 Å². The van der Waals surface area contributed by atoms with Crippen molar-refractivity contribution in [2.45, 2.75) is 0 Å². The Balaban J connectivity index is 2.96. The molecule has 0 atom stereocenters. The van der Waals surface area contributed by atoms with Gasteiger partial charge in [0, 0.05) is 10.2 Å². The second-order valence-electron chi connectivity index (χ2n) is 2.55. The van der Waals surface area contributed by atoms with Crippen LogP contribution in [0, 0.1) is 0 Å². The lowest BCUT2D eigenvalue weighted by molar-refractivity contribution is 0.0967. The fraction of sp³-hybridized carbons (Fsp3) is 0. The molecule has 3 amide bonds. The van der Waals surface area contributed by atoms with Gasteiger partial charge in [0.05, 0.1) is 5.56 Å². The van der Waals surface area contributed by atoms with E-state index in [1.54, 1.807) is 12.1 Å². The summed E-state index contributed by atoms with van der Waals surface area (Å²) in [7, 11) is 0. The SMILES string of the molecule is NC(=O)NC(=O)c1ccc(Br)cc1N. The third-order valence-corrected chi connectivity index (χ3v) is 1.99. The highest BCUT2D eigenvalue weighted by molar-refractivity contribution is 9.10. The molecular formula is C8H8BrN3O2. The van der Waals surface area contributed by atoms with Crippen LogP contribution < -0.4 is 16.8 Å². The molecule has 0 aliphatic rings. The molecule has 0 saturated heterocycles. The number of carbonyl (C=O) groups is 2. The van der Waals surface area contributed by atoms with Crippen molar-refractivity contribution >= 4 is 33.6 Å². The average molecular weight is 258 g/mol. The van der Waals surface area contributed by atoms with E-state index in [4.69, 9.17) is 11.5 Å². The van der Waals surface area contributed by atoms with E-state index in [0.29, 0.717) is 0 Å². The minimum atomic E-state index is -0.905. The molecule has 14 heavy (non-hydrogen) atoms. The molecule has 5 N–H and O–H groups in total. The first-order valence-corrected chi connectivity index (χ1v) is 4.46. The Morgan fingerprint density at radius 2 is 2.00 bits per heavy atom. The van der Waals surface area contributed by atoms with Crippen LogP contribution in [-0.4, -0.2) is 11.9 Å². The Morgan fingerprint density at radius 3 is 2.50 bits per heavy atom. The van der Waals surface area contributed by atoms with Gasteiger partial charge >= 0.3 is 6.03 Å². The van der Waals surface area contributed by atoms with Gasteiger partial charge in [-0.1, -0.05) is 15.9 Å². The molecule has 1 aromatic carbocycles. The summed E-state index contributed by atoms with van der Waals surface area (Å²) >= 11 is 3.19. The largest absolute Gasteiger partial charge is 0.398 e. The van der Waals surface area contributed by atoms with Crippen molar-refractivity contribution in [2.75, 3.05) is 5.73 Å². The molecule has 0 heterocycles. The zero-order chi connectivity index (χ0) is 10.7. The number of benzene rings is 1. The van der Waals surface area contributed by atoms with Gasteiger partial charge in [0.1, 0.15) is 0 Å². The maximum Gasteiger partial charge on any atom is 0.319 e. The number of nitrogens with two attached hydrogens (primary N) is 2. The Hall–Kier alpha value is -1.56. The molecule has 0 aliphatic heterocycles. The molecule has 6 heteroatoms. The maximum atomic E-state index is 11.3. The van der Waals surface area contributed by atoms with Gasteiger partial charge in [-0.05, 0) is 18.2 Å². The minimum absolute atomic E-state index is 0.215. The van der Waals surface area contributed by atoms with Crippen molar-refractivity contribution in [3.8, 4) is 0 Å². The highest BCUT2D eigenvalue weighted by atomic mass is 79.9. The monoisotopic (exact) mass is 257 g/mol. The summed E-state index contributed by atoms with van der Waals surface area (Å²) in [5, 5.41) is 1.92. The zero-order valence-corrected chi connectivity index (χ0v) is 8.67. The lowest BCUT2D eigenvalue weighted by atomic mass is 10.2. The van der Waals surface area contributed by atoms with Crippen LogP contribution in [0.1, 0.15) is 10.4 Å². The van der Waals surface area contributed by atoms with Gasteiger partial charge in [-0.3, -0.25) is 10.1 Å². The number of anilines is 1. The first-order chi connectivity index (χ1) is 6.50. The normalized spacial score (nSPS) is 9.50. The molecule has 0 fully saturated rings. The summed E-state index contributed by atoms with van der Waals surface area (Å²) in [5.74, 6) is -0.609. The van der Waals surface area contributed by atoms with Gasteiger partial charge in [0.2, 0.25) is 0 Å². The van der Waals surface area contributed by atoms with E-state index in [1.165, 1.54) is 6.07 Å². The fourth-order valence-corrected chi connectivity index (χ4v) is 1.30. The minimum Gasteiger partial charge on any atom is -0.398 e. The number of imide groups is 1. The number of rotatable bonds is 1. The predicted octanol–water partition coefficient (Wildman–Crippen LogP) is 0.840. The summed E-state index contributed by atoms with van der Waals surface area (Å²) in [6.07, 6.45) is 0. The summed E-state index contributed by atoms with van der Waals surface area (Å²) < 4.78 is 0.755. The molecule has 74 valence electrons. The lowest BCUT2D eigenvalue weighted by Gasteiger charge is -2.04. The van der Waals surface area contributed by atoms with Crippen LogP contribution in [0.15, 0.2) is 22.7 Å². The van der Waals surface area contributed by atoms with Gasteiger partial charge in [0.15, 0.2) is 0 Å². The number of nitrogens with one attached hydrogen (secondary N) is 1. The highest BCUT2D eigenvalue weighted by Gasteiger charge is 2.10. The average Bonchev–Trinajstić information content (AvgIpc) is 2.01. The van der Waals surface area contributed by atoms with Crippen LogP contribution in [0.25, 0.3) is 0 Å². The first kappa shape index (κ1) is 10.5. The quantitative estimate of drug-likeness (QED) is 0.651. The number of hydrogen-bond donors (Lipinski definition) is 3. The van der Waals surface area contributed by atoms with Crippen LogP contribution in [0.3, 0.4) is 0 Å². The molecule has 0 aromatic heterocycles. The van der Waals surface area contributed by atoms with Crippen LogP contribution in [0.4, 0.5) is 10.5 Å². The lowest BCUT2D eigenvalue weighted by Crippen LogP contribution is -2.35. The van der Waals surface area contributed by atoms with Gasteiger partial charge in [-0.2, -0.15) is 0 Å². The van der Waals surface area contributed by atoms with Crippen LogP contribution in [0.5, 0.6) is 0 Å². The maximum absolute atomic E-state index is 11.3. The van der Waals surface area contributed by atoms with Crippen LogP contribution >= 0.6 is 15.9 Å². The molecule has 0 saturated carbocycles. The third-order valence-electron chi connectivity index (χ3n) is 1.49. The number of nitrogen functional groups attached to an aromatic ring is 1. The molecule has 0 spiro atoms. The number of halogens is 1. The van der Waals surface area contributed by atoms with Crippen LogP contribution in [-0.2, 0) is 0 Å². The summed E-state index contributed by atoms with van der Waals surface area (Å²) in [6, 6.07) is 3.80. The topological polar surface area (TPSA) is 98.2 Å². The van der Waals surface area contributed by atoms with Crippen molar-refractivity contribution in [3.63, 3.8) is 0 Å². The van der Waals surface area contributed by atoms with E-state index in [1.807, 2.05) is 5.32 Å². The Kier molecular flexibility index (Phi) is 3.08. The zero-order valence-electron chi connectivity index (χ0n) is 7.08. The van der Waals surface area contributed by atoms with E-state index in [-0.39, 0.29) is 11.3 Å². The van der Waals surface area contributed by atoms with Crippen molar-refractivity contribution in [3.05, 3.63) is 28.2 Å². The summed E-state index contributed by atoms with van der Waals surface area (Å²) in [6.45, 7) is 0. The van der Waals surface area contributed by atoms with Gasteiger partial charge in [-0.15, -0.1) is 0 Å². The van der Waals surface area contributed by atoms with E-state index in [9.17, 15) is 9.59 Å². The number of urea groups is 1. The van der Waals surface area contributed by atoms with Crippen LogP contribution in [0.2, 0.25) is 0 Å². The first-order valence-electron chi connectivity index (χ1n) is 3.66.